The van der Waals surface area contributed by atoms with E-state index in [4.69, 9.17) is 9.47 Å². The highest BCUT2D eigenvalue weighted by Gasteiger charge is 2.27. The Balaban J connectivity index is 1.67. The Kier molecular flexibility index (Phi) is 5.64. The molecule has 1 aliphatic rings. The van der Waals surface area contributed by atoms with E-state index in [9.17, 15) is 14.4 Å². The molecule has 0 spiro atoms. The van der Waals surface area contributed by atoms with Gasteiger partial charge in [-0.3, -0.25) is 14.4 Å². The summed E-state index contributed by atoms with van der Waals surface area (Å²) in [5.41, 5.74) is 0.175. The number of anilines is 1. The van der Waals surface area contributed by atoms with Gasteiger partial charge in [-0.1, -0.05) is 13.8 Å². The van der Waals surface area contributed by atoms with Gasteiger partial charge >= 0.3 is 0 Å². The second-order valence-corrected chi connectivity index (χ2v) is 8.30. The van der Waals surface area contributed by atoms with Crippen molar-refractivity contribution in [1.29, 1.82) is 0 Å². The van der Waals surface area contributed by atoms with Crippen LogP contribution in [0.2, 0.25) is 0 Å². The van der Waals surface area contributed by atoms with Gasteiger partial charge in [0.2, 0.25) is 18.1 Å². The molecule has 10 heteroatoms. The van der Waals surface area contributed by atoms with Crippen LogP contribution in [0.25, 0.3) is 10.9 Å². The normalized spacial score (nSPS) is 13.4. The molecule has 0 unspecified atom stereocenters. The zero-order valence-electron chi connectivity index (χ0n) is 17.3. The second-order valence-electron chi connectivity index (χ2n) is 7.40. The predicted octanol–water partition coefficient (Wildman–Crippen LogP) is 2.60. The SMILES string of the molecule is CCn1cc(C(=O)N[C@@H](C(=O)Nc2nccs2)C(C)C)c(=O)c2cc3c(cc21)OCO3. The van der Waals surface area contributed by atoms with Gasteiger partial charge in [0.05, 0.1) is 10.9 Å². The molecule has 0 radical (unpaired) electrons. The fraction of sp³-hybridized carbons (Fsp3) is 0.333. The highest BCUT2D eigenvalue weighted by Crippen LogP contribution is 2.35. The fourth-order valence-electron chi connectivity index (χ4n) is 3.43. The summed E-state index contributed by atoms with van der Waals surface area (Å²) >= 11 is 1.28. The maximum absolute atomic E-state index is 13.1. The van der Waals surface area contributed by atoms with Gasteiger partial charge in [-0.15, -0.1) is 11.3 Å². The van der Waals surface area contributed by atoms with E-state index in [1.807, 2.05) is 20.8 Å². The highest BCUT2D eigenvalue weighted by molar-refractivity contribution is 7.13. The number of hydrogen-bond acceptors (Lipinski definition) is 7. The number of amides is 2. The van der Waals surface area contributed by atoms with Crippen molar-refractivity contribution in [3.8, 4) is 11.5 Å². The van der Waals surface area contributed by atoms with Crippen LogP contribution < -0.4 is 25.5 Å². The number of benzene rings is 1. The number of nitrogens with one attached hydrogen (secondary N) is 2. The van der Waals surface area contributed by atoms with Crippen LogP contribution in [0.3, 0.4) is 0 Å². The number of thiazole rings is 1. The Morgan fingerprint density at radius 3 is 2.65 bits per heavy atom. The van der Waals surface area contributed by atoms with E-state index in [1.165, 1.54) is 17.5 Å². The lowest BCUT2D eigenvalue weighted by molar-refractivity contribution is -0.118. The highest BCUT2D eigenvalue weighted by atomic mass is 32.1. The number of nitrogens with zero attached hydrogens (tertiary/aromatic N) is 2. The Morgan fingerprint density at radius 1 is 1.26 bits per heavy atom. The van der Waals surface area contributed by atoms with Gasteiger partial charge < -0.3 is 24.7 Å². The van der Waals surface area contributed by atoms with Gasteiger partial charge in [-0.25, -0.2) is 4.98 Å². The van der Waals surface area contributed by atoms with Crippen molar-refractivity contribution in [3.05, 3.63) is 45.7 Å². The molecule has 0 aliphatic carbocycles. The predicted molar refractivity (Wildman–Crippen MR) is 117 cm³/mol. The second kappa shape index (κ2) is 8.38. The number of rotatable bonds is 6. The molecule has 2 amide bonds. The smallest absolute Gasteiger partial charge is 0.257 e. The Morgan fingerprint density at radius 2 is 2.00 bits per heavy atom. The first-order valence-corrected chi connectivity index (χ1v) is 10.7. The monoisotopic (exact) mass is 442 g/mol. The summed E-state index contributed by atoms with van der Waals surface area (Å²) in [7, 11) is 0. The molecule has 2 aromatic heterocycles. The molecule has 2 N–H and O–H groups in total. The molecule has 3 aromatic rings. The molecule has 0 saturated carbocycles. The lowest BCUT2D eigenvalue weighted by atomic mass is 10.0. The minimum absolute atomic E-state index is 0.0408. The van der Waals surface area contributed by atoms with Gasteiger partial charge in [0.1, 0.15) is 11.6 Å². The summed E-state index contributed by atoms with van der Waals surface area (Å²) < 4.78 is 12.6. The van der Waals surface area contributed by atoms with Gasteiger partial charge in [0.25, 0.3) is 5.91 Å². The van der Waals surface area contributed by atoms with Gasteiger partial charge in [-0.2, -0.15) is 0 Å². The molecule has 162 valence electrons. The van der Waals surface area contributed by atoms with E-state index in [-0.39, 0.29) is 18.3 Å². The molecular formula is C21H22N4O5S. The molecule has 1 aliphatic heterocycles. The molecule has 31 heavy (non-hydrogen) atoms. The summed E-state index contributed by atoms with van der Waals surface area (Å²) in [6, 6.07) is 2.50. The van der Waals surface area contributed by atoms with Gasteiger partial charge in [-0.05, 0) is 18.9 Å². The maximum atomic E-state index is 13.1. The first-order chi connectivity index (χ1) is 14.9. The van der Waals surface area contributed by atoms with E-state index in [1.54, 1.807) is 28.3 Å². The topological polar surface area (TPSA) is 112 Å². The minimum atomic E-state index is -0.835. The average Bonchev–Trinajstić information content (AvgIpc) is 3.42. The summed E-state index contributed by atoms with van der Waals surface area (Å²) in [6.07, 6.45) is 3.09. The Bertz CT molecular complexity index is 1200. The van der Waals surface area contributed by atoms with Crippen molar-refractivity contribution in [2.45, 2.75) is 33.4 Å². The van der Waals surface area contributed by atoms with E-state index in [0.717, 1.165) is 0 Å². The van der Waals surface area contributed by atoms with Gasteiger partial charge in [0, 0.05) is 30.4 Å². The number of hydrogen-bond donors (Lipinski definition) is 2. The summed E-state index contributed by atoms with van der Waals surface area (Å²) in [6.45, 7) is 6.17. The third kappa shape index (κ3) is 3.98. The van der Waals surface area contributed by atoms with Crippen molar-refractivity contribution in [2.24, 2.45) is 5.92 Å². The summed E-state index contributed by atoms with van der Waals surface area (Å²) in [4.78, 5) is 42.9. The zero-order chi connectivity index (χ0) is 22.1. The number of fused-ring (bicyclic) bond motifs is 2. The van der Waals surface area contributed by atoms with E-state index < -0.39 is 23.3 Å². The van der Waals surface area contributed by atoms with Crippen LogP contribution in [0.1, 0.15) is 31.1 Å². The Hall–Kier alpha value is -3.40. The van der Waals surface area contributed by atoms with Crippen molar-refractivity contribution >= 4 is 39.2 Å². The molecule has 1 atom stereocenters. The van der Waals surface area contributed by atoms with Crippen LogP contribution in [0.15, 0.2) is 34.7 Å². The number of aryl methyl sites for hydroxylation is 1. The Labute approximate surface area is 182 Å². The molecule has 1 aromatic carbocycles. The number of aromatic nitrogens is 2. The molecule has 3 heterocycles. The van der Waals surface area contributed by atoms with Crippen LogP contribution in [-0.4, -0.2) is 34.2 Å². The van der Waals surface area contributed by atoms with Crippen molar-refractivity contribution in [3.63, 3.8) is 0 Å². The summed E-state index contributed by atoms with van der Waals surface area (Å²) in [5, 5.41) is 7.95. The van der Waals surface area contributed by atoms with Crippen LogP contribution in [-0.2, 0) is 11.3 Å². The van der Waals surface area contributed by atoms with Crippen molar-refractivity contribution < 1.29 is 19.1 Å². The van der Waals surface area contributed by atoms with Gasteiger partial charge in [0.15, 0.2) is 16.6 Å². The van der Waals surface area contributed by atoms with Crippen LogP contribution >= 0.6 is 11.3 Å². The van der Waals surface area contributed by atoms with Crippen LogP contribution in [0, 0.1) is 5.92 Å². The molecule has 9 nitrogen and oxygen atoms in total. The fourth-order valence-corrected chi connectivity index (χ4v) is 3.96. The van der Waals surface area contributed by atoms with E-state index in [2.05, 4.69) is 15.6 Å². The number of pyridine rings is 1. The standard InChI is InChI=1S/C21H22N4O5S/c1-4-25-9-13(18(26)12-7-15-16(8-14(12)25)30-10-29-15)19(27)23-17(11(2)3)20(28)24-21-22-5-6-31-21/h5-9,11,17H,4,10H2,1-3H3,(H,23,27)(H,22,24,28)/t17-/m1/s1. The van der Waals surface area contributed by atoms with Crippen LogP contribution in [0.4, 0.5) is 5.13 Å². The third-order valence-corrected chi connectivity index (χ3v) is 5.75. The van der Waals surface area contributed by atoms with E-state index >= 15 is 0 Å². The molecule has 0 fully saturated rings. The molecule has 0 bridgehead atoms. The van der Waals surface area contributed by atoms with E-state index in [0.29, 0.717) is 34.1 Å². The summed E-state index contributed by atoms with van der Waals surface area (Å²) in [5.74, 6) is -0.178. The number of carbonyl (C=O) groups excluding carboxylic acids is 2. The lowest BCUT2D eigenvalue weighted by Gasteiger charge is -2.21. The average molecular weight is 442 g/mol. The van der Waals surface area contributed by atoms with Crippen molar-refractivity contribution in [1.82, 2.24) is 14.9 Å². The lowest BCUT2D eigenvalue weighted by Crippen LogP contribution is -2.48. The molecular weight excluding hydrogens is 420 g/mol. The van der Waals surface area contributed by atoms with Crippen molar-refractivity contribution in [2.75, 3.05) is 12.1 Å². The number of ether oxygens (including phenoxy) is 2. The zero-order valence-corrected chi connectivity index (χ0v) is 18.1. The number of carbonyl (C=O) groups is 2. The first kappa shape index (κ1) is 20.9. The maximum Gasteiger partial charge on any atom is 0.257 e. The first-order valence-electron chi connectivity index (χ1n) is 9.87. The molecule has 4 rings (SSSR count). The molecule has 0 saturated heterocycles. The largest absolute Gasteiger partial charge is 0.454 e. The quantitative estimate of drug-likeness (QED) is 0.607. The minimum Gasteiger partial charge on any atom is -0.454 e. The third-order valence-electron chi connectivity index (χ3n) is 5.06. The van der Waals surface area contributed by atoms with Crippen LogP contribution in [0.5, 0.6) is 11.5 Å².